The van der Waals surface area contributed by atoms with Gasteiger partial charge in [-0.1, -0.05) is 0 Å². The van der Waals surface area contributed by atoms with Crippen LogP contribution in [0.4, 0.5) is 0 Å². The minimum atomic E-state index is -0.939. The Kier molecular flexibility index (Phi) is 2.35. The van der Waals surface area contributed by atoms with Crippen molar-refractivity contribution in [3.8, 4) is 0 Å². The Hall–Kier alpha value is 0.230. The zero-order valence-corrected chi connectivity index (χ0v) is 5.71. The van der Waals surface area contributed by atoms with Crippen LogP contribution in [0.5, 0.6) is 0 Å². The molecule has 54 valence electrons. The lowest BCUT2D eigenvalue weighted by Gasteiger charge is -2.27. The molecule has 3 N–H and O–H groups in total. The van der Waals surface area contributed by atoms with Crippen molar-refractivity contribution in [2.45, 2.75) is 18.3 Å². The van der Waals surface area contributed by atoms with Gasteiger partial charge in [-0.3, -0.25) is 0 Å². The maximum atomic E-state index is 8.93. The molecule has 0 unspecified atom stereocenters. The number of rotatable bonds is 0. The third kappa shape index (κ3) is 1.58. The van der Waals surface area contributed by atoms with E-state index in [4.69, 9.17) is 15.3 Å². The highest BCUT2D eigenvalue weighted by molar-refractivity contribution is 7.99. The molecule has 0 aliphatic carbocycles. The number of hydrogen-bond donors (Lipinski definition) is 3. The highest BCUT2D eigenvalue weighted by Crippen LogP contribution is 2.17. The smallest absolute Gasteiger partial charge is 0.107 e. The highest BCUT2D eigenvalue weighted by Gasteiger charge is 2.28. The molecule has 4 heteroatoms. The molecule has 1 aliphatic heterocycles. The van der Waals surface area contributed by atoms with Gasteiger partial charge in [0.1, 0.15) is 6.10 Å². The van der Waals surface area contributed by atoms with Crippen molar-refractivity contribution in [2.24, 2.45) is 0 Å². The van der Waals surface area contributed by atoms with Gasteiger partial charge in [0.25, 0.3) is 0 Å². The first-order valence-electron chi connectivity index (χ1n) is 2.84. The molecular formula is C5H10O3S. The molecule has 0 saturated carbocycles. The second-order valence-electron chi connectivity index (χ2n) is 2.16. The molecule has 1 heterocycles. The molecule has 0 bridgehead atoms. The summed E-state index contributed by atoms with van der Waals surface area (Å²) in [5.41, 5.74) is 0. The van der Waals surface area contributed by atoms with Gasteiger partial charge in [-0.25, -0.2) is 0 Å². The standard InChI is InChI=1S/C5H10O3S/c6-3-1-9-2-4(7)5(3)8/h3-8H,1-2H2/t3-,4-/m0/s1. The van der Waals surface area contributed by atoms with Crippen LogP contribution in [-0.2, 0) is 0 Å². The van der Waals surface area contributed by atoms with Gasteiger partial charge in [-0.05, 0) is 0 Å². The lowest BCUT2D eigenvalue weighted by molar-refractivity contribution is -0.0442. The molecule has 9 heavy (non-hydrogen) atoms. The summed E-state index contributed by atoms with van der Waals surface area (Å²) < 4.78 is 0. The van der Waals surface area contributed by atoms with E-state index >= 15 is 0 Å². The molecule has 0 aromatic carbocycles. The zero-order chi connectivity index (χ0) is 6.85. The summed E-state index contributed by atoms with van der Waals surface area (Å²) >= 11 is 1.45. The Morgan fingerprint density at radius 2 is 1.44 bits per heavy atom. The Morgan fingerprint density at radius 1 is 1.00 bits per heavy atom. The summed E-state index contributed by atoms with van der Waals surface area (Å²) in [5.74, 6) is 1.05. The fourth-order valence-electron chi connectivity index (χ4n) is 0.763. The van der Waals surface area contributed by atoms with Gasteiger partial charge in [0.05, 0.1) is 12.2 Å². The molecule has 3 nitrogen and oxygen atoms in total. The molecule has 0 amide bonds. The predicted molar refractivity (Wildman–Crippen MR) is 35.3 cm³/mol. The van der Waals surface area contributed by atoms with Gasteiger partial charge < -0.3 is 15.3 Å². The van der Waals surface area contributed by atoms with E-state index < -0.39 is 18.3 Å². The summed E-state index contributed by atoms with van der Waals surface area (Å²) in [6.45, 7) is 0. The summed E-state index contributed by atoms with van der Waals surface area (Å²) in [6.07, 6.45) is -2.44. The number of aliphatic hydroxyl groups excluding tert-OH is 3. The first-order chi connectivity index (χ1) is 4.22. The fourth-order valence-corrected chi connectivity index (χ4v) is 1.78. The normalized spacial score (nSPS) is 39.0. The number of thioether (sulfide) groups is 1. The number of aliphatic hydroxyl groups is 3. The molecule has 2 atom stereocenters. The third-order valence-corrected chi connectivity index (χ3v) is 2.52. The van der Waals surface area contributed by atoms with Crippen LogP contribution < -0.4 is 0 Å². The summed E-state index contributed by atoms with van der Waals surface area (Å²) in [6, 6.07) is 0. The number of hydrogen-bond acceptors (Lipinski definition) is 4. The van der Waals surface area contributed by atoms with E-state index in [-0.39, 0.29) is 0 Å². The van der Waals surface area contributed by atoms with Crippen LogP contribution in [0.15, 0.2) is 0 Å². The highest BCUT2D eigenvalue weighted by atomic mass is 32.2. The van der Waals surface area contributed by atoms with Crippen LogP contribution in [-0.4, -0.2) is 45.1 Å². The molecular weight excluding hydrogens is 140 g/mol. The Morgan fingerprint density at radius 3 is 1.78 bits per heavy atom. The molecule has 0 radical (unpaired) electrons. The predicted octanol–water partition coefficient (Wildman–Crippen LogP) is -1.18. The van der Waals surface area contributed by atoms with Crippen LogP contribution in [0.2, 0.25) is 0 Å². The van der Waals surface area contributed by atoms with Gasteiger partial charge in [0.2, 0.25) is 0 Å². The lowest BCUT2D eigenvalue weighted by Crippen LogP contribution is -2.43. The van der Waals surface area contributed by atoms with Crippen LogP contribution in [0.1, 0.15) is 0 Å². The molecule has 0 spiro atoms. The van der Waals surface area contributed by atoms with Crippen LogP contribution in [0.25, 0.3) is 0 Å². The maximum Gasteiger partial charge on any atom is 0.107 e. The molecule has 1 aliphatic rings. The van der Waals surface area contributed by atoms with Crippen molar-refractivity contribution < 1.29 is 15.3 Å². The van der Waals surface area contributed by atoms with Crippen LogP contribution in [0, 0.1) is 0 Å². The van der Waals surface area contributed by atoms with Crippen LogP contribution in [0.3, 0.4) is 0 Å². The second kappa shape index (κ2) is 2.88. The van der Waals surface area contributed by atoms with E-state index in [2.05, 4.69) is 0 Å². The minimum absolute atomic E-state index is 0.526. The molecule has 0 aromatic rings. The van der Waals surface area contributed by atoms with Crippen molar-refractivity contribution in [3.05, 3.63) is 0 Å². The third-order valence-electron chi connectivity index (χ3n) is 1.37. The van der Waals surface area contributed by atoms with Gasteiger partial charge in [-0.2, -0.15) is 11.8 Å². The first-order valence-corrected chi connectivity index (χ1v) is 3.99. The summed E-state index contributed by atoms with van der Waals surface area (Å²) in [7, 11) is 0. The Labute approximate surface area is 57.7 Å². The van der Waals surface area contributed by atoms with E-state index in [1.165, 1.54) is 11.8 Å². The van der Waals surface area contributed by atoms with Gasteiger partial charge in [0, 0.05) is 11.5 Å². The SMILES string of the molecule is OC1[C@@H](O)CSC[C@@H]1O. The van der Waals surface area contributed by atoms with E-state index in [1.807, 2.05) is 0 Å². The van der Waals surface area contributed by atoms with Crippen molar-refractivity contribution in [1.29, 1.82) is 0 Å². The lowest BCUT2D eigenvalue weighted by atomic mass is 10.1. The van der Waals surface area contributed by atoms with Crippen molar-refractivity contribution in [3.63, 3.8) is 0 Å². The Bertz CT molecular complexity index is 88.2. The molecule has 0 aromatic heterocycles. The summed E-state index contributed by atoms with van der Waals surface area (Å²) in [5, 5.41) is 26.8. The molecule has 1 saturated heterocycles. The first kappa shape index (κ1) is 7.34. The maximum absolute atomic E-state index is 8.93. The Balaban J connectivity index is 2.41. The fraction of sp³-hybridized carbons (Fsp3) is 1.00. The topological polar surface area (TPSA) is 60.7 Å². The van der Waals surface area contributed by atoms with Gasteiger partial charge >= 0.3 is 0 Å². The monoisotopic (exact) mass is 150 g/mol. The molecule has 1 rings (SSSR count). The average Bonchev–Trinajstić information content (AvgIpc) is 1.83. The minimum Gasteiger partial charge on any atom is -0.389 e. The van der Waals surface area contributed by atoms with Gasteiger partial charge in [0.15, 0.2) is 0 Å². The largest absolute Gasteiger partial charge is 0.389 e. The average molecular weight is 150 g/mol. The van der Waals surface area contributed by atoms with Crippen LogP contribution >= 0.6 is 11.8 Å². The van der Waals surface area contributed by atoms with E-state index in [0.29, 0.717) is 11.5 Å². The van der Waals surface area contributed by atoms with E-state index in [9.17, 15) is 0 Å². The van der Waals surface area contributed by atoms with Crippen molar-refractivity contribution >= 4 is 11.8 Å². The van der Waals surface area contributed by atoms with E-state index in [1.54, 1.807) is 0 Å². The van der Waals surface area contributed by atoms with Crippen molar-refractivity contribution in [1.82, 2.24) is 0 Å². The summed E-state index contributed by atoms with van der Waals surface area (Å²) in [4.78, 5) is 0. The molecule has 1 fully saturated rings. The second-order valence-corrected chi connectivity index (χ2v) is 3.24. The zero-order valence-electron chi connectivity index (χ0n) is 4.90. The quantitative estimate of drug-likeness (QED) is 0.406. The van der Waals surface area contributed by atoms with E-state index in [0.717, 1.165) is 0 Å². The van der Waals surface area contributed by atoms with Gasteiger partial charge in [-0.15, -0.1) is 0 Å². The van der Waals surface area contributed by atoms with Crippen molar-refractivity contribution in [2.75, 3.05) is 11.5 Å².